The van der Waals surface area contributed by atoms with Crippen LogP contribution in [0.5, 0.6) is 0 Å². The molecule has 2 aromatic rings. The van der Waals surface area contributed by atoms with Gasteiger partial charge in [-0.1, -0.05) is 23.9 Å². The van der Waals surface area contributed by atoms with Crippen LogP contribution in [0.3, 0.4) is 0 Å². The summed E-state index contributed by atoms with van der Waals surface area (Å²) >= 11 is 1.21. The molecule has 0 radical (unpaired) electrons. The third-order valence-electron chi connectivity index (χ3n) is 1.97. The van der Waals surface area contributed by atoms with Gasteiger partial charge < -0.3 is 10.7 Å². The summed E-state index contributed by atoms with van der Waals surface area (Å²) in [5, 5.41) is 2.61. The van der Waals surface area contributed by atoms with E-state index in [0.29, 0.717) is 5.16 Å². The van der Waals surface area contributed by atoms with Crippen LogP contribution in [0.15, 0.2) is 29.4 Å². The topological polar surface area (TPSA) is 101 Å². The average Bonchev–Trinajstić information content (AvgIpc) is 2.68. The molecule has 88 valence electrons. The number of urea groups is 1. The highest BCUT2D eigenvalue weighted by molar-refractivity contribution is 7.99. The van der Waals surface area contributed by atoms with Gasteiger partial charge in [0, 0.05) is 0 Å². The number of benzene rings is 1. The molecule has 0 unspecified atom stereocenters. The fraction of sp³-hybridized carbons (Fsp3) is 0.100. The molecule has 2 rings (SSSR count). The molecule has 7 heteroatoms. The number of aromatic amines is 1. The number of imidazole rings is 1. The van der Waals surface area contributed by atoms with Gasteiger partial charge in [0.2, 0.25) is 5.91 Å². The lowest BCUT2D eigenvalue weighted by Crippen LogP contribution is -2.36. The van der Waals surface area contributed by atoms with E-state index in [1.54, 1.807) is 0 Å². The van der Waals surface area contributed by atoms with Crippen molar-refractivity contribution >= 4 is 34.7 Å². The summed E-state index contributed by atoms with van der Waals surface area (Å²) in [7, 11) is 0. The molecule has 0 aliphatic carbocycles. The Hall–Kier alpha value is -2.02. The molecular formula is C10H10N4O2S. The molecule has 4 N–H and O–H groups in total. The summed E-state index contributed by atoms with van der Waals surface area (Å²) in [6, 6.07) is 6.71. The van der Waals surface area contributed by atoms with Gasteiger partial charge in [-0.15, -0.1) is 0 Å². The van der Waals surface area contributed by atoms with Crippen molar-refractivity contribution < 1.29 is 9.59 Å². The molecule has 0 saturated carbocycles. The van der Waals surface area contributed by atoms with Crippen LogP contribution in [0.1, 0.15) is 0 Å². The number of primary amides is 1. The molecule has 3 amide bonds. The van der Waals surface area contributed by atoms with Gasteiger partial charge in [0.1, 0.15) is 0 Å². The third-order valence-corrected chi connectivity index (χ3v) is 2.84. The Kier molecular flexibility index (Phi) is 3.29. The Bertz CT molecular complexity index is 533. The molecule has 0 aliphatic heterocycles. The molecule has 1 heterocycles. The molecule has 0 saturated heterocycles. The fourth-order valence-electron chi connectivity index (χ4n) is 1.31. The number of nitrogens with one attached hydrogen (secondary N) is 2. The average molecular weight is 250 g/mol. The van der Waals surface area contributed by atoms with E-state index < -0.39 is 11.9 Å². The van der Waals surface area contributed by atoms with Gasteiger partial charge >= 0.3 is 6.03 Å². The van der Waals surface area contributed by atoms with Crippen molar-refractivity contribution in [1.82, 2.24) is 15.3 Å². The lowest BCUT2D eigenvalue weighted by atomic mass is 10.3. The van der Waals surface area contributed by atoms with E-state index in [1.807, 2.05) is 29.6 Å². The molecule has 0 aliphatic rings. The highest BCUT2D eigenvalue weighted by Gasteiger charge is 2.07. The van der Waals surface area contributed by atoms with Crippen molar-refractivity contribution in [3.63, 3.8) is 0 Å². The number of H-pyrrole nitrogens is 1. The lowest BCUT2D eigenvalue weighted by molar-refractivity contribution is -0.117. The number of nitrogens with zero attached hydrogens (tertiary/aromatic N) is 1. The van der Waals surface area contributed by atoms with E-state index in [0.717, 1.165) is 11.0 Å². The Labute approximate surface area is 101 Å². The molecule has 17 heavy (non-hydrogen) atoms. The predicted octanol–water partition coefficient (Wildman–Crippen LogP) is 0.850. The molecule has 0 atom stereocenters. The summed E-state index contributed by atoms with van der Waals surface area (Å²) in [6.45, 7) is 0. The van der Waals surface area contributed by atoms with E-state index in [9.17, 15) is 9.59 Å². The fourth-order valence-corrected chi connectivity index (χ4v) is 1.99. The van der Waals surface area contributed by atoms with Crippen LogP contribution in [-0.2, 0) is 4.79 Å². The SMILES string of the molecule is NC(=O)NC(=O)CSc1nc2ccccc2[nH]1. The Morgan fingerprint density at radius 3 is 2.88 bits per heavy atom. The zero-order chi connectivity index (χ0) is 12.3. The zero-order valence-corrected chi connectivity index (χ0v) is 9.58. The summed E-state index contributed by atoms with van der Waals surface area (Å²) in [6.07, 6.45) is 0. The minimum atomic E-state index is -0.847. The van der Waals surface area contributed by atoms with Gasteiger partial charge in [0.15, 0.2) is 5.16 Å². The van der Waals surface area contributed by atoms with Crippen molar-refractivity contribution in [2.45, 2.75) is 5.16 Å². The number of nitrogens with two attached hydrogens (primary N) is 1. The van der Waals surface area contributed by atoms with Crippen LogP contribution in [-0.4, -0.2) is 27.7 Å². The molecule has 1 aromatic heterocycles. The summed E-state index contributed by atoms with van der Waals surface area (Å²) < 4.78 is 0. The number of hydrogen-bond acceptors (Lipinski definition) is 4. The number of para-hydroxylation sites is 2. The monoisotopic (exact) mass is 250 g/mol. The van der Waals surface area contributed by atoms with Crippen molar-refractivity contribution in [3.05, 3.63) is 24.3 Å². The van der Waals surface area contributed by atoms with Crippen molar-refractivity contribution in [1.29, 1.82) is 0 Å². The first-order chi connectivity index (χ1) is 8.15. The quantitative estimate of drug-likeness (QED) is 0.703. The number of imide groups is 1. The first-order valence-electron chi connectivity index (χ1n) is 4.82. The Morgan fingerprint density at radius 2 is 2.18 bits per heavy atom. The summed E-state index contributed by atoms with van der Waals surface area (Å²) in [5.74, 6) is -0.356. The second-order valence-corrected chi connectivity index (χ2v) is 4.22. The van der Waals surface area contributed by atoms with Gasteiger partial charge in [-0.05, 0) is 12.1 Å². The number of carbonyl (C=O) groups excluding carboxylic acids is 2. The molecule has 0 bridgehead atoms. The van der Waals surface area contributed by atoms with Gasteiger partial charge in [-0.2, -0.15) is 0 Å². The van der Waals surface area contributed by atoms with Crippen LogP contribution < -0.4 is 11.1 Å². The van der Waals surface area contributed by atoms with E-state index in [2.05, 4.69) is 9.97 Å². The maximum atomic E-state index is 11.2. The maximum Gasteiger partial charge on any atom is 0.318 e. The third kappa shape index (κ3) is 2.97. The van der Waals surface area contributed by atoms with Crippen LogP contribution >= 0.6 is 11.8 Å². The largest absolute Gasteiger partial charge is 0.351 e. The summed E-state index contributed by atoms with van der Waals surface area (Å²) in [5.41, 5.74) is 6.57. The van der Waals surface area contributed by atoms with Gasteiger partial charge in [0.05, 0.1) is 16.8 Å². The van der Waals surface area contributed by atoms with E-state index in [-0.39, 0.29) is 5.75 Å². The van der Waals surface area contributed by atoms with E-state index in [1.165, 1.54) is 11.8 Å². The predicted molar refractivity (Wildman–Crippen MR) is 64.5 cm³/mol. The molecule has 0 fully saturated rings. The first kappa shape index (κ1) is 11.5. The normalized spacial score (nSPS) is 10.4. The van der Waals surface area contributed by atoms with E-state index >= 15 is 0 Å². The van der Waals surface area contributed by atoms with Gasteiger partial charge in [-0.3, -0.25) is 10.1 Å². The number of amides is 3. The highest BCUT2D eigenvalue weighted by atomic mass is 32.2. The van der Waals surface area contributed by atoms with Gasteiger partial charge in [0.25, 0.3) is 0 Å². The number of fused-ring (bicyclic) bond motifs is 1. The molecule has 0 spiro atoms. The Balaban J connectivity index is 1.99. The number of aromatic nitrogens is 2. The van der Waals surface area contributed by atoms with E-state index in [4.69, 9.17) is 5.73 Å². The second-order valence-electron chi connectivity index (χ2n) is 3.26. The Morgan fingerprint density at radius 1 is 1.41 bits per heavy atom. The minimum Gasteiger partial charge on any atom is -0.351 e. The second kappa shape index (κ2) is 4.88. The maximum absolute atomic E-state index is 11.2. The van der Waals surface area contributed by atoms with Crippen LogP contribution in [0.2, 0.25) is 0 Å². The van der Waals surface area contributed by atoms with Crippen LogP contribution in [0.4, 0.5) is 4.79 Å². The molecule has 6 nitrogen and oxygen atoms in total. The van der Waals surface area contributed by atoms with Gasteiger partial charge in [-0.25, -0.2) is 9.78 Å². The van der Waals surface area contributed by atoms with Crippen molar-refractivity contribution in [3.8, 4) is 0 Å². The lowest BCUT2D eigenvalue weighted by Gasteiger charge is -1.97. The van der Waals surface area contributed by atoms with Crippen molar-refractivity contribution in [2.75, 3.05) is 5.75 Å². The summed E-state index contributed by atoms with van der Waals surface area (Å²) in [4.78, 5) is 28.9. The number of rotatable bonds is 3. The first-order valence-corrected chi connectivity index (χ1v) is 5.80. The van der Waals surface area contributed by atoms with Crippen LogP contribution in [0, 0.1) is 0 Å². The smallest absolute Gasteiger partial charge is 0.318 e. The highest BCUT2D eigenvalue weighted by Crippen LogP contribution is 2.18. The number of hydrogen-bond donors (Lipinski definition) is 3. The standard InChI is InChI=1S/C10H10N4O2S/c11-9(16)14-8(15)5-17-10-12-6-3-1-2-4-7(6)13-10/h1-4H,5H2,(H,12,13)(H3,11,14,15,16). The van der Waals surface area contributed by atoms with Crippen molar-refractivity contribution in [2.24, 2.45) is 5.73 Å². The minimum absolute atomic E-state index is 0.0861. The number of thioether (sulfide) groups is 1. The molecule has 1 aromatic carbocycles. The molecular weight excluding hydrogens is 240 g/mol. The van der Waals surface area contributed by atoms with Crippen LogP contribution in [0.25, 0.3) is 11.0 Å². The number of carbonyl (C=O) groups is 2. The zero-order valence-electron chi connectivity index (χ0n) is 8.77.